The van der Waals surface area contributed by atoms with Gasteiger partial charge in [0.2, 0.25) is 5.91 Å². The summed E-state index contributed by atoms with van der Waals surface area (Å²) in [5, 5.41) is 0. The Hall–Kier alpha value is -1.60. The van der Waals surface area contributed by atoms with Gasteiger partial charge in [-0.2, -0.15) is 8.42 Å². The third kappa shape index (κ3) is 6.19. The molecule has 0 saturated carbocycles. The first-order valence-electron chi connectivity index (χ1n) is 7.58. The van der Waals surface area contributed by atoms with E-state index in [9.17, 15) is 13.2 Å². The first kappa shape index (κ1) is 19.4. The topological polar surface area (TPSA) is 72.9 Å². The number of ether oxygens (including phenoxy) is 1. The highest BCUT2D eigenvalue weighted by Crippen LogP contribution is 2.22. The lowest BCUT2D eigenvalue weighted by molar-refractivity contribution is -0.135. The molecule has 1 amide bonds. The first-order chi connectivity index (χ1) is 10.8. The Morgan fingerprint density at radius 3 is 2.48 bits per heavy atom. The second-order valence-electron chi connectivity index (χ2n) is 5.44. The van der Waals surface area contributed by atoms with Crippen LogP contribution in [-0.2, 0) is 26.2 Å². The molecule has 0 heterocycles. The molecule has 0 saturated heterocycles. The molecule has 7 heteroatoms. The summed E-state index contributed by atoms with van der Waals surface area (Å²) >= 11 is 0. The molecule has 130 valence electrons. The lowest BCUT2D eigenvalue weighted by atomic mass is 10.1. The van der Waals surface area contributed by atoms with Crippen molar-refractivity contribution in [3.8, 4) is 5.75 Å². The summed E-state index contributed by atoms with van der Waals surface area (Å²) in [6, 6.07) is 6.84. The van der Waals surface area contributed by atoms with E-state index in [1.165, 1.54) is 6.92 Å². The molecule has 0 aromatic heterocycles. The molecule has 6 nitrogen and oxygen atoms in total. The molecule has 0 unspecified atom stereocenters. The zero-order valence-electron chi connectivity index (χ0n) is 14.1. The van der Waals surface area contributed by atoms with Gasteiger partial charge in [-0.1, -0.05) is 32.0 Å². The lowest BCUT2D eigenvalue weighted by Gasteiger charge is -2.25. The van der Waals surface area contributed by atoms with Gasteiger partial charge in [0.15, 0.2) is 0 Å². The molecule has 0 aliphatic rings. The van der Waals surface area contributed by atoms with Crippen molar-refractivity contribution in [1.82, 2.24) is 4.90 Å². The zero-order chi connectivity index (χ0) is 17.5. The van der Waals surface area contributed by atoms with Crippen molar-refractivity contribution in [3.63, 3.8) is 0 Å². The third-order valence-electron chi connectivity index (χ3n) is 3.28. The van der Waals surface area contributed by atoms with Crippen molar-refractivity contribution in [2.24, 2.45) is 5.92 Å². The van der Waals surface area contributed by atoms with Crippen molar-refractivity contribution >= 4 is 16.0 Å². The monoisotopic (exact) mass is 343 g/mol. The van der Waals surface area contributed by atoms with Crippen molar-refractivity contribution < 1.29 is 22.1 Å². The largest absolute Gasteiger partial charge is 0.383 e. The van der Waals surface area contributed by atoms with E-state index in [4.69, 9.17) is 8.92 Å². The molecule has 0 aliphatic carbocycles. The van der Waals surface area contributed by atoms with Gasteiger partial charge < -0.3 is 13.8 Å². The van der Waals surface area contributed by atoms with Gasteiger partial charge in [0, 0.05) is 31.7 Å². The number of hydrogen-bond acceptors (Lipinski definition) is 5. The summed E-state index contributed by atoms with van der Waals surface area (Å²) in [6.07, 6.45) is 0. The summed E-state index contributed by atoms with van der Waals surface area (Å²) < 4.78 is 33.6. The van der Waals surface area contributed by atoms with Crippen LogP contribution in [-0.4, -0.2) is 45.2 Å². The van der Waals surface area contributed by atoms with Gasteiger partial charge in [-0.15, -0.1) is 0 Å². The molecule has 23 heavy (non-hydrogen) atoms. The smallest absolute Gasteiger partial charge is 0.308 e. The normalized spacial score (nSPS) is 11.5. The predicted molar refractivity (Wildman–Crippen MR) is 88.7 cm³/mol. The Bertz CT molecular complexity index is 613. The number of amides is 1. The number of rotatable bonds is 9. The van der Waals surface area contributed by atoms with Crippen LogP contribution in [0.4, 0.5) is 0 Å². The second kappa shape index (κ2) is 8.88. The number of para-hydroxylation sites is 1. The zero-order valence-corrected chi connectivity index (χ0v) is 14.9. The molecule has 0 atom stereocenters. The molecule has 0 bridgehead atoms. The van der Waals surface area contributed by atoms with Crippen LogP contribution in [0, 0.1) is 5.92 Å². The summed E-state index contributed by atoms with van der Waals surface area (Å²) in [5.41, 5.74) is 0.648. The van der Waals surface area contributed by atoms with Gasteiger partial charge in [0.05, 0.1) is 12.4 Å². The van der Waals surface area contributed by atoms with Gasteiger partial charge in [0.25, 0.3) is 0 Å². The van der Waals surface area contributed by atoms with E-state index in [-0.39, 0.29) is 29.9 Å². The van der Waals surface area contributed by atoms with E-state index in [0.29, 0.717) is 18.7 Å². The standard InChI is InChI=1S/C16H25NO5S/c1-5-23(19,20)22-15-9-7-6-8-14(15)12-17(10-11-21-4)16(18)13(2)3/h6-9,13H,5,10-12H2,1-4H3. The van der Waals surface area contributed by atoms with Crippen LogP contribution in [0.25, 0.3) is 0 Å². The first-order valence-corrected chi connectivity index (χ1v) is 9.16. The van der Waals surface area contributed by atoms with Crippen LogP contribution in [0.5, 0.6) is 5.75 Å². The number of methoxy groups -OCH3 is 1. The summed E-state index contributed by atoms with van der Waals surface area (Å²) in [6.45, 7) is 6.29. The Morgan fingerprint density at radius 1 is 1.26 bits per heavy atom. The molecule has 0 aliphatic heterocycles. The number of carbonyl (C=O) groups excluding carboxylic acids is 1. The van der Waals surface area contributed by atoms with E-state index >= 15 is 0 Å². The highest BCUT2D eigenvalue weighted by Gasteiger charge is 2.20. The Balaban J connectivity index is 3.01. The fourth-order valence-corrected chi connectivity index (χ4v) is 2.50. The quantitative estimate of drug-likeness (QED) is 0.642. The predicted octanol–water partition coefficient (Wildman–Crippen LogP) is 2.05. The number of hydrogen-bond donors (Lipinski definition) is 0. The minimum atomic E-state index is -3.61. The van der Waals surface area contributed by atoms with E-state index in [1.54, 1.807) is 36.3 Å². The van der Waals surface area contributed by atoms with Gasteiger partial charge >= 0.3 is 10.1 Å². The molecular weight excluding hydrogens is 318 g/mol. The van der Waals surface area contributed by atoms with Crippen LogP contribution in [0.15, 0.2) is 24.3 Å². The average Bonchev–Trinajstić information content (AvgIpc) is 2.51. The van der Waals surface area contributed by atoms with E-state index in [0.717, 1.165) is 0 Å². The van der Waals surface area contributed by atoms with E-state index in [2.05, 4.69) is 0 Å². The van der Waals surface area contributed by atoms with Crippen LogP contribution in [0.2, 0.25) is 0 Å². The van der Waals surface area contributed by atoms with E-state index < -0.39 is 10.1 Å². The fourth-order valence-electron chi connectivity index (χ4n) is 1.95. The van der Waals surface area contributed by atoms with Gasteiger partial charge in [-0.3, -0.25) is 4.79 Å². The number of nitrogens with zero attached hydrogens (tertiary/aromatic N) is 1. The molecule has 1 aromatic rings. The number of benzene rings is 1. The van der Waals surface area contributed by atoms with Crippen molar-refractivity contribution in [1.29, 1.82) is 0 Å². The van der Waals surface area contributed by atoms with Crippen molar-refractivity contribution in [3.05, 3.63) is 29.8 Å². The highest BCUT2D eigenvalue weighted by atomic mass is 32.2. The third-order valence-corrected chi connectivity index (χ3v) is 4.42. The van der Waals surface area contributed by atoms with Gasteiger partial charge in [-0.05, 0) is 13.0 Å². The molecule has 0 fully saturated rings. The van der Waals surface area contributed by atoms with Gasteiger partial charge in [0.1, 0.15) is 5.75 Å². The molecule has 0 radical (unpaired) electrons. The SMILES string of the molecule is CCS(=O)(=O)Oc1ccccc1CN(CCOC)C(=O)C(C)C. The van der Waals surface area contributed by atoms with Crippen LogP contribution in [0.3, 0.4) is 0 Å². The molecule has 1 rings (SSSR count). The number of carbonyl (C=O) groups is 1. The minimum absolute atomic E-state index is 0.0183. The Kier molecular flexibility index (Phi) is 7.51. The Labute approximate surface area is 138 Å². The summed E-state index contributed by atoms with van der Waals surface area (Å²) in [4.78, 5) is 14.0. The van der Waals surface area contributed by atoms with Crippen LogP contribution < -0.4 is 4.18 Å². The maximum absolute atomic E-state index is 12.3. The molecule has 0 spiro atoms. The van der Waals surface area contributed by atoms with Crippen LogP contribution in [0.1, 0.15) is 26.3 Å². The summed E-state index contributed by atoms with van der Waals surface area (Å²) in [5.74, 6) is -0.0255. The minimum Gasteiger partial charge on any atom is -0.383 e. The van der Waals surface area contributed by atoms with Gasteiger partial charge in [-0.25, -0.2) is 0 Å². The van der Waals surface area contributed by atoms with Crippen LogP contribution >= 0.6 is 0 Å². The van der Waals surface area contributed by atoms with Crippen molar-refractivity contribution in [2.45, 2.75) is 27.3 Å². The highest BCUT2D eigenvalue weighted by molar-refractivity contribution is 7.87. The molecule has 1 aromatic carbocycles. The molecular formula is C16H25NO5S. The summed E-state index contributed by atoms with van der Waals surface area (Å²) in [7, 11) is -2.04. The maximum atomic E-state index is 12.3. The fraction of sp³-hybridized carbons (Fsp3) is 0.562. The maximum Gasteiger partial charge on any atom is 0.308 e. The molecule has 0 N–H and O–H groups in total. The van der Waals surface area contributed by atoms with E-state index in [1.807, 2.05) is 13.8 Å². The Morgan fingerprint density at radius 2 is 1.91 bits per heavy atom. The average molecular weight is 343 g/mol. The lowest BCUT2D eigenvalue weighted by Crippen LogP contribution is -2.36. The second-order valence-corrected chi connectivity index (χ2v) is 7.30. The van der Waals surface area contributed by atoms with Crippen molar-refractivity contribution in [2.75, 3.05) is 26.0 Å².